The Morgan fingerprint density at radius 3 is 2.61 bits per heavy atom. The van der Waals surface area contributed by atoms with E-state index in [2.05, 4.69) is 0 Å². The summed E-state index contributed by atoms with van der Waals surface area (Å²) < 4.78 is 26.0. The second-order valence-electron chi connectivity index (χ2n) is 4.23. The van der Waals surface area contributed by atoms with Gasteiger partial charge in [-0.2, -0.15) is 9.57 Å². The highest BCUT2D eigenvalue weighted by Gasteiger charge is 2.34. The molecule has 6 heteroatoms. The van der Waals surface area contributed by atoms with Crippen LogP contribution in [-0.2, 0) is 10.0 Å². The van der Waals surface area contributed by atoms with Crippen LogP contribution in [0.5, 0.6) is 0 Å². The predicted octanol–water partition coefficient (Wildman–Crippen LogP) is 0.704. The van der Waals surface area contributed by atoms with E-state index in [0.29, 0.717) is 18.5 Å². The zero-order valence-electron chi connectivity index (χ0n) is 9.78. The van der Waals surface area contributed by atoms with Crippen molar-refractivity contribution in [3.05, 3.63) is 29.8 Å². The maximum absolute atomic E-state index is 12.3. The number of aliphatic hydroxyl groups is 1. The molecule has 0 aromatic heterocycles. The zero-order chi connectivity index (χ0) is 13.2. The van der Waals surface area contributed by atoms with E-state index < -0.39 is 10.0 Å². The lowest BCUT2D eigenvalue weighted by atomic mass is 10.2. The second-order valence-corrected chi connectivity index (χ2v) is 6.12. The van der Waals surface area contributed by atoms with Crippen LogP contribution in [-0.4, -0.2) is 37.0 Å². The summed E-state index contributed by atoms with van der Waals surface area (Å²) in [7, 11) is -3.56. The summed E-state index contributed by atoms with van der Waals surface area (Å²) in [5.74, 6) is 0. The molecule has 0 bridgehead atoms. The van der Waals surface area contributed by atoms with E-state index in [1.807, 2.05) is 6.07 Å². The molecule has 96 valence electrons. The third-order valence-corrected chi connectivity index (χ3v) is 5.09. The number of aliphatic hydroxyl groups excluding tert-OH is 1. The maximum atomic E-state index is 12.3. The largest absolute Gasteiger partial charge is 0.395 e. The second kappa shape index (κ2) is 5.06. The first-order valence-corrected chi connectivity index (χ1v) is 7.16. The fraction of sp³-hybridized carbons (Fsp3) is 0.417. The molecule has 0 saturated carbocycles. The monoisotopic (exact) mass is 266 g/mol. The van der Waals surface area contributed by atoms with Gasteiger partial charge < -0.3 is 5.11 Å². The molecule has 0 radical (unpaired) electrons. The van der Waals surface area contributed by atoms with Crippen LogP contribution < -0.4 is 0 Å². The number of hydrogen-bond donors (Lipinski definition) is 1. The van der Waals surface area contributed by atoms with E-state index in [1.54, 1.807) is 0 Å². The molecule has 1 N–H and O–H groups in total. The van der Waals surface area contributed by atoms with Gasteiger partial charge in [-0.25, -0.2) is 8.42 Å². The summed E-state index contributed by atoms with van der Waals surface area (Å²) in [6.07, 6.45) is 1.45. The van der Waals surface area contributed by atoms with Gasteiger partial charge in [-0.15, -0.1) is 0 Å². The summed E-state index contributed by atoms with van der Waals surface area (Å²) in [6, 6.07) is 7.45. The number of sulfonamides is 1. The fourth-order valence-electron chi connectivity index (χ4n) is 2.14. The molecule has 1 aromatic carbocycles. The van der Waals surface area contributed by atoms with Gasteiger partial charge in [0.05, 0.1) is 23.1 Å². The van der Waals surface area contributed by atoms with Crippen LogP contribution in [0.15, 0.2) is 29.2 Å². The van der Waals surface area contributed by atoms with E-state index in [1.165, 1.54) is 28.6 Å². The minimum atomic E-state index is -3.56. The molecule has 1 aromatic rings. The van der Waals surface area contributed by atoms with Crippen LogP contribution in [0.1, 0.15) is 18.4 Å². The summed E-state index contributed by atoms with van der Waals surface area (Å²) in [4.78, 5) is 0.168. The normalized spacial score (nSPS) is 20.8. The van der Waals surface area contributed by atoms with E-state index in [-0.39, 0.29) is 17.5 Å². The Kier molecular flexibility index (Phi) is 3.66. The van der Waals surface area contributed by atoms with Crippen molar-refractivity contribution >= 4 is 10.0 Å². The van der Waals surface area contributed by atoms with Gasteiger partial charge in [0, 0.05) is 12.6 Å². The zero-order valence-corrected chi connectivity index (χ0v) is 10.6. The summed E-state index contributed by atoms with van der Waals surface area (Å²) in [5.41, 5.74) is 0.425. The topological polar surface area (TPSA) is 81.4 Å². The third-order valence-electron chi connectivity index (χ3n) is 3.12. The molecule has 18 heavy (non-hydrogen) atoms. The molecule has 1 fully saturated rings. The summed E-state index contributed by atoms with van der Waals surface area (Å²) in [5, 5.41) is 17.9. The van der Waals surface area contributed by atoms with Crippen molar-refractivity contribution < 1.29 is 13.5 Å². The lowest BCUT2D eigenvalue weighted by Crippen LogP contribution is -2.37. The lowest BCUT2D eigenvalue weighted by molar-refractivity contribution is 0.213. The van der Waals surface area contributed by atoms with Crippen LogP contribution >= 0.6 is 0 Å². The molecular weight excluding hydrogens is 252 g/mol. The van der Waals surface area contributed by atoms with Crippen LogP contribution in [0, 0.1) is 11.3 Å². The quantitative estimate of drug-likeness (QED) is 0.873. The highest BCUT2D eigenvalue weighted by Crippen LogP contribution is 2.25. The van der Waals surface area contributed by atoms with E-state index >= 15 is 0 Å². The summed E-state index contributed by atoms with van der Waals surface area (Å²) >= 11 is 0. The number of nitrogens with zero attached hydrogens (tertiary/aromatic N) is 2. The van der Waals surface area contributed by atoms with Crippen LogP contribution in [0.4, 0.5) is 0 Å². The Hall–Kier alpha value is -1.42. The average Bonchev–Trinajstić information content (AvgIpc) is 2.88. The van der Waals surface area contributed by atoms with Gasteiger partial charge in [0.25, 0.3) is 0 Å². The first-order valence-electron chi connectivity index (χ1n) is 5.72. The number of benzene rings is 1. The predicted molar refractivity (Wildman–Crippen MR) is 65.2 cm³/mol. The van der Waals surface area contributed by atoms with Gasteiger partial charge >= 0.3 is 0 Å². The third kappa shape index (κ3) is 2.25. The smallest absolute Gasteiger partial charge is 0.243 e. The molecule has 1 heterocycles. The molecule has 5 nitrogen and oxygen atoms in total. The molecule has 0 amide bonds. The first-order chi connectivity index (χ1) is 8.59. The Bertz CT molecular complexity index is 560. The van der Waals surface area contributed by atoms with Gasteiger partial charge in [0.2, 0.25) is 10.0 Å². The van der Waals surface area contributed by atoms with Gasteiger partial charge in [0.1, 0.15) is 0 Å². The summed E-state index contributed by atoms with van der Waals surface area (Å²) in [6.45, 7) is 0.281. The molecule has 0 spiro atoms. The van der Waals surface area contributed by atoms with E-state index in [4.69, 9.17) is 5.26 Å². The van der Waals surface area contributed by atoms with Crippen molar-refractivity contribution in [2.75, 3.05) is 13.2 Å². The SMILES string of the molecule is N#Cc1ccc(S(=O)(=O)N2CCC[C@H]2CO)cc1. The average molecular weight is 266 g/mol. The standard InChI is InChI=1S/C12H14N2O3S/c13-8-10-3-5-12(6-4-10)18(16,17)14-7-1-2-11(14)9-15/h3-6,11,15H,1-2,7,9H2/t11-/m0/s1. The highest BCUT2D eigenvalue weighted by atomic mass is 32.2. The molecule has 0 unspecified atom stereocenters. The number of nitriles is 1. The molecule has 1 aliphatic rings. The molecular formula is C12H14N2O3S. The van der Waals surface area contributed by atoms with Crippen molar-refractivity contribution in [2.45, 2.75) is 23.8 Å². The minimum Gasteiger partial charge on any atom is -0.395 e. The van der Waals surface area contributed by atoms with Crippen LogP contribution in [0.25, 0.3) is 0 Å². The molecule has 1 atom stereocenters. The van der Waals surface area contributed by atoms with Gasteiger partial charge in [-0.3, -0.25) is 0 Å². The Morgan fingerprint density at radius 1 is 1.39 bits per heavy atom. The molecule has 2 rings (SSSR count). The minimum absolute atomic E-state index is 0.157. The maximum Gasteiger partial charge on any atom is 0.243 e. The van der Waals surface area contributed by atoms with E-state index in [0.717, 1.165) is 6.42 Å². The van der Waals surface area contributed by atoms with Crippen molar-refractivity contribution in [3.8, 4) is 6.07 Å². The van der Waals surface area contributed by atoms with Gasteiger partial charge in [-0.05, 0) is 37.1 Å². The van der Waals surface area contributed by atoms with Crippen molar-refractivity contribution in [2.24, 2.45) is 0 Å². The molecule has 0 aliphatic carbocycles. The molecule has 1 aliphatic heterocycles. The molecule has 1 saturated heterocycles. The number of hydrogen-bond acceptors (Lipinski definition) is 4. The van der Waals surface area contributed by atoms with Crippen LogP contribution in [0.3, 0.4) is 0 Å². The van der Waals surface area contributed by atoms with Gasteiger partial charge in [-0.1, -0.05) is 0 Å². The lowest BCUT2D eigenvalue weighted by Gasteiger charge is -2.22. The van der Waals surface area contributed by atoms with Crippen LogP contribution in [0.2, 0.25) is 0 Å². The van der Waals surface area contributed by atoms with Crippen molar-refractivity contribution in [1.82, 2.24) is 4.31 Å². The van der Waals surface area contributed by atoms with Gasteiger partial charge in [0.15, 0.2) is 0 Å². The van der Waals surface area contributed by atoms with Crippen molar-refractivity contribution in [1.29, 1.82) is 5.26 Å². The van der Waals surface area contributed by atoms with E-state index in [9.17, 15) is 13.5 Å². The Balaban J connectivity index is 2.33. The highest BCUT2D eigenvalue weighted by molar-refractivity contribution is 7.89. The first kappa shape index (κ1) is 13.0. The Morgan fingerprint density at radius 2 is 2.06 bits per heavy atom. The number of rotatable bonds is 3. The van der Waals surface area contributed by atoms with Crippen molar-refractivity contribution in [3.63, 3.8) is 0 Å². The fourth-order valence-corrected chi connectivity index (χ4v) is 3.83. The Labute approximate surface area is 106 Å².